The second-order valence-electron chi connectivity index (χ2n) is 5.09. The molecular weight excluding hydrogens is 308 g/mol. The van der Waals surface area contributed by atoms with E-state index >= 15 is 0 Å². The number of para-hydroxylation sites is 1. The number of nitrogens with zero attached hydrogens (tertiary/aromatic N) is 1. The Labute approximate surface area is 137 Å². The lowest BCUT2D eigenvalue weighted by molar-refractivity contribution is 0.0940. The first-order valence-corrected chi connectivity index (χ1v) is 7.40. The summed E-state index contributed by atoms with van der Waals surface area (Å²) in [5, 5.41) is 8.44. The Morgan fingerprint density at radius 2 is 1.83 bits per heavy atom. The van der Waals surface area contributed by atoms with Crippen molar-refractivity contribution in [2.24, 2.45) is 0 Å². The zero-order chi connectivity index (χ0) is 16.8. The molecular formula is C17H16N4O3. The lowest BCUT2D eigenvalue weighted by Gasteiger charge is -2.12. The Morgan fingerprint density at radius 1 is 1.08 bits per heavy atom. The molecule has 3 rings (SSSR count). The number of aromatic amines is 2. The van der Waals surface area contributed by atoms with Crippen molar-refractivity contribution in [1.82, 2.24) is 20.5 Å². The van der Waals surface area contributed by atoms with Gasteiger partial charge in [0.15, 0.2) is 0 Å². The third kappa shape index (κ3) is 3.89. The number of rotatable bonds is 6. The van der Waals surface area contributed by atoms with Gasteiger partial charge in [0.2, 0.25) is 5.82 Å². The molecule has 7 heteroatoms. The lowest BCUT2D eigenvalue weighted by Crippen LogP contribution is -2.24. The number of carbonyl (C=O) groups is 1. The van der Waals surface area contributed by atoms with Crippen LogP contribution in [0.4, 0.5) is 0 Å². The van der Waals surface area contributed by atoms with Gasteiger partial charge in [-0.1, -0.05) is 48.5 Å². The number of H-pyrrole nitrogens is 2. The Kier molecular flexibility index (Phi) is 4.71. The smallest absolute Gasteiger partial charge is 0.341 e. The minimum Gasteiger partial charge on any atom is -0.489 e. The zero-order valence-electron chi connectivity index (χ0n) is 12.8. The normalized spacial score (nSPS) is 10.3. The molecule has 2 aromatic carbocycles. The minimum atomic E-state index is -0.522. The highest BCUT2D eigenvalue weighted by Gasteiger charge is 2.11. The standard InChI is InChI=1S/C17H16N4O3/c22-16(15-19-17(23)21-20-15)18-10-13-8-4-5-9-14(13)24-11-12-6-2-1-3-7-12/h1-9H,10-11H2,(H,18,22)(H2,19,20,21,23). The van der Waals surface area contributed by atoms with Gasteiger partial charge < -0.3 is 10.1 Å². The quantitative estimate of drug-likeness (QED) is 0.641. The van der Waals surface area contributed by atoms with Gasteiger partial charge in [-0.05, 0) is 11.6 Å². The zero-order valence-corrected chi connectivity index (χ0v) is 12.8. The molecule has 0 radical (unpaired) electrons. The summed E-state index contributed by atoms with van der Waals surface area (Å²) in [5.74, 6) is 0.172. The first-order chi connectivity index (χ1) is 11.7. The van der Waals surface area contributed by atoms with Crippen LogP contribution in [0.2, 0.25) is 0 Å². The Morgan fingerprint density at radius 3 is 2.58 bits per heavy atom. The maximum atomic E-state index is 11.9. The second kappa shape index (κ2) is 7.28. The van der Waals surface area contributed by atoms with Crippen molar-refractivity contribution < 1.29 is 9.53 Å². The Hall–Kier alpha value is -3.35. The molecule has 0 unspecified atom stereocenters. The molecule has 0 aliphatic rings. The number of benzene rings is 2. The van der Waals surface area contributed by atoms with E-state index in [9.17, 15) is 9.59 Å². The number of carbonyl (C=O) groups excluding carboxylic acids is 1. The van der Waals surface area contributed by atoms with Gasteiger partial charge in [0.05, 0.1) is 0 Å². The highest BCUT2D eigenvalue weighted by Crippen LogP contribution is 2.19. The molecule has 0 atom stereocenters. The average molecular weight is 324 g/mol. The molecule has 0 aliphatic heterocycles. The predicted molar refractivity (Wildman–Crippen MR) is 87.6 cm³/mol. The van der Waals surface area contributed by atoms with E-state index in [2.05, 4.69) is 20.5 Å². The number of hydrogen-bond acceptors (Lipinski definition) is 4. The van der Waals surface area contributed by atoms with Crippen LogP contribution in [-0.2, 0) is 13.2 Å². The maximum absolute atomic E-state index is 11.9. The van der Waals surface area contributed by atoms with E-state index in [4.69, 9.17) is 4.74 Å². The van der Waals surface area contributed by atoms with E-state index < -0.39 is 11.6 Å². The van der Waals surface area contributed by atoms with Crippen molar-refractivity contribution in [1.29, 1.82) is 0 Å². The molecule has 3 aromatic rings. The third-order valence-electron chi connectivity index (χ3n) is 3.37. The molecule has 7 nitrogen and oxygen atoms in total. The number of aromatic nitrogens is 3. The van der Waals surface area contributed by atoms with Gasteiger partial charge in [0.25, 0.3) is 5.91 Å². The van der Waals surface area contributed by atoms with Gasteiger partial charge in [-0.25, -0.2) is 9.89 Å². The van der Waals surface area contributed by atoms with Crippen LogP contribution in [0.25, 0.3) is 0 Å². The van der Waals surface area contributed by atoms with Crippen LogP contribution in [0.3, 0.4) is 0 Å². The van der Waals surface area contributed by atoms with Gasteiger partial charge in [0, 0.05) is 12.1 Å². The average Bonchev–Trinajstić information content (AvgIpc) is 3.06. The minimum absolute atomic E-state index is 0.0531. The SMILES string of the molecule is O=C(NCc1ccccc1OCc1ccccc1)c1n[nH]c(=O)[nH]1. The summed E-state index contributed by atoms with van der Waals surface area (Å²) in [6.07, 6.45) is 0. The summed E-state index contributed by atoms with van der Waals surface area (Å²) >= 11 is 0. The van der Waals surface area contributed by atoms with E-state index in [1.165, 1.54) is 0 Å². The van der Waals surface area contributed by atoms with Gasteiger partial charge in [0.1, 0.15) is 12.4 Å². The van der Waals surface area contributed by atoms with Crippen LogP contribution in [0.5, 0.6) is 5.75 Å². The maximum Gasteiger partial charge on any atom is 0.341 e. The first-order valence-electron chi connectivity index (χ1n) is 7.40. The number of ether oxygens (including phenoxy) is 1. The highest BCUT2D eigenvalue weighted by atomic mass is 16.5. The van der Waals surface area contributed by atoms with Crippen LogP contribution in [0, 0.1) is 0 Å². The molecule has 122 valence electrons. The third-order valence-corrected chi connectivity index (χ3v) is 3.37. The Balaban J connectivity index is 1.63. The van der Waals surface area contributed by atoms with E-state index in [1.807, 2.05) is 54.6 Å². The molecule has 0 spiro atoms. The molecule has 1 amide bonds. The van der Waals surface area contributed by atoms with E-state index in [-0.39, 0.29) is 12.4 Å². The Bertz CT molecular complexity index is 871. The molecule has 0 saturated heterocycles. The van der Waals surface area contributed by atoms with Crippen LogP contribution in [0.15, 0.2) is 59.4 Å². The molecule has 24 heavy (non-hydrogen) atoms. The van der Waals surface area contributed by atoms with Crippen molar-refractivity contribution >= 4 is 5.91 Å². The molecule has 0 bridgehead atoms. The number of hydrogen-bond donors (Lipinski definition) is 3. The molecule has 0 saturated carbocycles. The second-order valence-corrected chi connectivity index (χ2v) is 5.09. The van der Waals surface area contributed by atoms with Gasteiger partial charge >= 0.3 is 5.69 Å². The van der Waals surface area contributed by atoms with Crippen LogP contribution >= 0.6 is 0 Å². The molecule has 0 fully saturated rings. The van der Waals surface area contributed by atoms with E-state index in [0.717, 1.165) is 11.1 Å². The van der Waals surface area contributed by atoms with Crippen LogP contribution in [-0.4, -0.2) is 21.1 Å². The van der Waals surface area contributed by atoms with Gasteiger partial charge in [-0.3, -0.25) is 9.78 Å². The summed E-state index contributed by atoms with van der Waals surface area (Å²) in [4.78, 5) is 25.2. The monoisotopic (exact) mass is 324 g/mol. The van der Waals surface area contributed by atoms with Crippen molar-refractivity contribution in [2.45, 2.75) is 13.2 Å². The van der Waals surface area contributed by atoms with E-state index in [0.29, 0.717) is 12.4 Å². The van der Waals surface area contributed by atoms with Crippen molar-refractivity contribution in [3.05, 3.63) is 82.0 Å². The first kappa shape index (κ1) is 15.5. The summed E-state index contributed by atoms with van der Waals surface area (Å²) in [6.45, 7) is 0.706. The fourth-order valence-electron chi connectivity index (χ4n) is 2.16. The topological polar surface area (TPSA) is 99.9 Å². The molecule has 1 heterocycles. The van der Waals surface area contributed by atoms with Gasteiger partial charge in [-0.2, -0.15) is 0 Å². The largest absolute Gasteiger partial charge is 0.489 e. The molecule has 3 N–H and O–H groups in total. The van der Waals surface area contributed by atoms with Gasteiger partial charge in [-0.15, -0.1) is 5.10 Å². The van der Waals surface area contributed by atoms with Crippen LogP contribution in [0.1, 0.15) is 21.7 Å². The number of nitrogens with one attached hydrogen (secondary N) is 3. The van der Waals surface area contributed by atoms with Crippen molar-refractivity contribution in [3.8, 4) is 5.75 Å². The summed E-state index contributed by atoms with van der Waals surface area (Å²) < 4.78 is 5.83. The summed E-state index contributed by atoms with van der Waals surface area (Å²) in [6, 6.07) is 17.3. The van der Waals surface area contributed by atoms with Crippen LogP contribution < -0.4 is 15.7 Å². The lowest BCUT2D eigenvalue weighted by atomic mass is 10.2. The number of amides is 1. The van der Waals surface area contributed by atoms with E-state index in [1.54, 1.807) is 0 Å². The van der Waals surface area contributed by atoms with Crippen molar-refractivity contribution in [3.63, 3.8) is 0 Å². The fraction of sp³-hybridized carbons (Fsp3) is 0.118. The fourth-order valence-corrected chi connectivity index (χ4v) is 2.16. The summed E-state index contributed by atoms with van der Waals surface area (Å²) in [7, 11) is 0. The molecule has 0 aliphatic carbocycles. The highest BCUT2D eigenvalue weighted by molar-refractivity contribution is 5.90. The van der Waals surface area contributed by atoms with Crippen molar-refractivity contribution in [2.75, 3.05) is 0 Å². The predicted octanol–water partition coefficient (Wildman–Crippen LogP) is 1.61. The molecule has 1 aromatic heterocycles. The summed E-state index contributed by atoms with van der Waals surface area (Å²) in [5.41, 5.74) is 1.37.